The van der Waals surface area contributed by atoms with Gasteiger partial charge in [-0.25, -0.2) is 0 Å². The van der Waals surface area contributed by atoms with Crippen LogP contribution in [0.4, 0.5) is 0 Å². The first-order chi connectivity index (χ1) is 10.6. The Balaban J connectivity index is 2.06. The molecule has 1 aromatic carbocycles. The number of aliphatic hydroxyl groups excluding tert-OH is 2. The molecule has 2 atom stereocenters. The summed E-state index contributed by atoms with van der Waals surface area (Å²) in [5.41, 5.74) is 2.60. The van der Waals surface area contributed by atoms with Crippen LogP contribution in [-0.2, 0) is 0 Å². The minimum Gasteiger partial charge on any atom is -0.396 e. The molecule has 0 saturated carbocycles. The molecule has 0 aromatic heterocycles. The predicted octanol–water partition coefficient (Wildman–Crippen LogP) is 2.79. The summed E-state index contributed by atoms with van der Waals surface area (Å²) in [6, 6.07) is 10.5. The van der Waals surface area contributed by atoms with Gasteiger partial charge in [-0.2, -0.15) is 0 Å². The Morgan fingerprint density at radius 3 is 2.64 bits per heavy atom. The summed E-state index contributed by atoms with van der Waals surface area (Å²) in [6.45, 7) is 7.01. The van der Waals surface area contributed by atoms with Gasteiger partial charge in [0, 0.05) is 25.6 Å². The van der Waals surface area contributed by atoms with Crippen LogP contribution in [-0.4, -0.2) is 47.5 Å². The van der Waals surface area contributed by atoms with Gasteiger partial charge < -0.3 is 10.2 Å². The van der Waals surface area contributed by atoms with Gasteiger partial charge >= 0.3 is 0 Å². The van der Waals surface area contributed by atoms with E-state index >= 15 is 0 Å². The van der Waals surface area contributed by atoms with Crippen LogP contribution in [0.2, 0.25) is 0 Å². The molecule has 0 aliphatic carbocycles. The van der Waals surface area contributed by atoms with Crippen molar-refractivity contribution in [3.8, 4) is 0 Å². The van der Waals surface area contributed by atoms with Crippen LogP contribution in [0.5, 0.6) is 0 Å². The number of hydrogen-bond donors (Lipinski definition) is 2. The number of nitrogens with zero attached hydrogens (tertiary/aromatic N) is 1. The van der Waals surface area contributed by atoms with E-state index in [4.69, 9.17) is 0 Å². The van der Waals surface area contributed by atoms with Crippen molar-refractivity contribution in [1.82, 2.24) is 4.90 Å². The predicted molar refractivity (Wildman–Crippen MR) is 91.5 cm³/mol. The standard InChI is InChI=1S/C19H29NO2/c1-15(2)8-9-17(16-6-4-3-5-7-16)12-20-11-10-18(14-21)19(22)13-20/h3-7,9,15,18-19,21-22H,8,10-14H2,1-2H3/t18-,19+/m1/s1. The number of hydrogen-bond acceptors (Lipinski definition) is 3. The van der Waals surface area contributed by atoms with Crippen LogP contribution < -0.4 is 0 Å². The van der Waals surface area contributed by atoms with Crippen molar-refractivity contribution in [2.45, 2.75) is 32.8 Å². The molecular weight excluding hydrogens is 274 g/mol. The van der Waals surface area contributed by atoms with Gasteiger partial charge in [0.2, 0.25) is 0 Å². The lowest BCUT2D eigenvalue weighted by Gasteiger charge is -2.35. The van der Waals surface area contributed by atoms with Gasteiger partial charge in [-0.3, -0.25) is 4.90 Å². The molecule has 0 amide bonds. The van der Waals surface area contributed by atoms with Crippen molar-refractivity contribution in [2.24, 2.45) is 11.8 Å². The van der Waals surface area contributed by atoms with Crippen LogP contribution >= 0.6 is 0 Å². The van der Waals surface area contributed by atoms with Crippen LogP contribution in [0.1, 0.15) is 32.3 Å². The van der Waals surface area contributed by atoms with Gasteiger partial charge in [0.25, 0.3) is 0 Å². The molecule has 3 heteroatoms. The largest absolute Gasteiger partial charge is 0.396 e. The molecule has 0 spiro atoms. The lowest BCUT2D eigenvalue weighted by molar-refractivity contribution is 0.00259. The molecule has 2 rings (SSSR count). The molecule has 22 heavy (non-hydrogen) atoms. The number of piperidine rings is 1. The van der Waals surface area contributed by atoms with E-state index in [1.807, 2.05) is 6.07 Å². The Labute approximate surface area is 134 Å². The number of benzene rings is 1. The third-order valence-corrected chi connectivity index (χ3v) is 4.41. The maximum absolute atomic E-state index is 10.1. The van der Waals surface area contributed by atoms with Gasteiger partial charge in [-0.15, -0.1) is 0 Å². The summed E-state index contributed by atoms with van der Waals surface area (Å²) in [7, 11) is 0. The monoisotopic (exact) mass is 303 g/mol. The minimum atomic E-state index is -0.416. The van der Waals surface area contributed by atoms with Crippen LogP contribution in [0.15, 0.2) is 36.4 Å². The Bertz CT molecular complexity index is 470. The molecule has 2 N–H and O–H groups in total. The Morgan fingerprint density at radius 1 is 1.32 bits per heavy atom. The molecule has 122 valence electrons. The topological polar surface area (TPSA) is 43.7 Å². The van der Waals surface area contributed by atoms with E-state index in [0.717, 1.165) is 25.9 Å². The fourth-order valence-corrected chi connectivity index (χ4v) is 2.95. The van der Waals surface area contributed by atoms with Crippen molar-refractivity contribution in [2.75, 3.05) is 26.2 Å². The van der Waals surface area contributed by atoms with E-state index < -0.39 is 6.10 Å². The van der Waals surface area contributed by atoms with Crippen LogP contribution in [0.3, 0.4) is 0 Å². The SMILES string of the molecule is CC(C)CC=C(CN1CC[C@H](CO)[C@@H](O)C1)c1ccccc1. The fraction of sp³-hybridized carbons (Fsp3) is 0.579. The van der Waals surface area contributed by atoms with Gasteiger partial charge in [0.1, 0.15) is 0 Å². The average Bonchev–Trinajstić information content (AvgIpc) is 2.52. The number of likely N-dealkylation sites (tertiary alicyclic amines) is 1. The zero-order chi connectivity index (χ0) is 15.9. The molecule has 1 aliphatic rings. The average molecular weight is 303 g/mol. The maximum atomic E-state index is 10.1. The highest BCUT2D eigenvalue weighted by Gasteiger charge is 2.27. The number of rotatable bonds is 6. The fourth-order valence-electron chi connectivity index (χ4n) is 2.95. The van der Waals surface area contributed by atoms with Crippen LogP contribution in [0, 0.1) is 11.8 Å². The highest BCUT2D eigenvalue weighted by molar-refractivity contribution is 5.66. The highest BCUT2D eigenvalue weighted by Crippen LogP contribution is 2.22. The molecule has 0 bridgehead atoms. The highest BCUT2D eigenvalue weighted by atomic mass is 16.3. The van der Waals surface area contributed by atoms with Crippen molar-refractivity contribution < 1.29 is 10.2 Å². The molecular formula is C19H29NO2. The lowest BCUT2D eigenvalue weighted by Crippen LogP contribution is -2.45. The first kappa shape index (κ1) is 17.2. The number of β-amino-alcohol motifs (C(OH)–C–C–N with tert-alkyl or cyclic N) is 1. The zero-order valence-corrected chi connectivity index (χ0v) is 13.8. The number of allylic oxidation sites excluding steroid dienone is 1. The second kappa shape index (κ2) is 8.47. The molecule has 1 saturated heterocycles. The molecule has 1 fully saturated rings. The zero-order valence-electron chi connectivity index (χ0n) is 13.8. The molecule has 1 aliphatic heterocycles. The van der Waals surface area contributed by atoms with E-state index in [1.165, 1.54) is 11.1 Å². The van der Waals surface area contributed by atoms with E-state index in [0.29, 0.717) is 12.5 Å². The Hall–Kier alpha value is -1.16. The third-order valence-electron chi connectivity index (χ3n) is 4.41. The van der Waals surface area contributed by atoms with Gasteiger partial charge in [0.15, 0.2) is 0 Å². The first-order valence-corrected chi connectivity index (χ1v) is 8.36. The summed E-state index contributed by atoms with van der Waals surface area (Å²) in [4.78, 5) is 2.30. The molecule has 1 heterocycles. The third kappa shape index (κ3) is 4.94. The van der Waals surface area contributed by atoms with Crippen molar-refractivity contribution in [1.29, 1.82) is 0 Å². The second-order valence-corrected chi connectivity index (χ2v) is 6.76. The summed E-state index contributed by atoms with van der Waals surface area (Å²) in [5, 5.41) is 19.4. The van der Waals surface area contributed by atoms with Crippen LogP contribution in [0.25, 0.3) is 5.57 Å². The summed E-state index contributed by atoms with van der Waals surface area (Å²) in [5.74, 6) is 0.681. The van der Waals surface area contributed by atoms with Crippen molar-refractivity contribution in [3.63, 3.8) is 0 Å². The lowest BCUT2D eigenvalue weighted by atomic mass is 9.93. The summed E-state index contributed by atoms with van der Waals surface area (Å²) in [6.07, 6.45) is 3.86. The summed E-state index contributed by atoms with van der Waals surface area (Å²) >= 11 is 0. The van der Waals surface area contributed by atoms with Gasteiger partial charge in [-0.05, 0) is 36.4 Å². The van der Waals surface area contributed by atoms with Crippen molar-refractivity contribution >= 4 is 5.57 Å². The molecule has 0 unspecified atom stereocenters. The van der Waals surface area contributed by atoms with Gasteiger partial charge in [0.05, 0.1) is 6.10 Å². The second-order valence-electron chi connectivity index (χ2n) is 6.76. The normalized spacial score (nSPS) is 24.0. The smallest absolute Gasteiger partial charge is 0.0717 e. The van der Waals surface area contributed by atoms with E-state index in [1.54, 1.807) is 0 Å². The summed E-state index contributed by atoms with van der Waals surface area (Å²) < 4.78 is 0. The van der Waals surface area contributed by atoms with Crippen molar-refractivity contribution in [3.05, 3.63) is 42.0 Å². The minimum absolute atomic E-state index is 0.0380. The first-order valence-electron chi connectivity index (χ1n) is 8.36. The molecule has 1 aromatic rings. The maximum Gasteiger partial charge on any atom is 0.0717 e. The van der Waals surface area contributed by atoms with E-state index in [2.05, 4.69) is 49.1 Å². The van der Waals surface area contributed by atoms with Gasteiger partial charge in [-0.1, -0.05) is 50.3 Å². The Morgan fingerprint density at radius 2 is 2.05 bits per heavy atom. The quantitative estimate of drug-likeness (QED) is 0.849. The number of aliphatic hydroxyl groups is 2. The van der Waals surface area contributed by atoms with E-state index in [9.17, 15) is 10.2 Å². The molecule has 3 nitrogen and oxygen atoms in total. The molecule has 0 radical (unpaired) electrons. The van der Waals surface area contributed by atoms with E-state index in [-0.39, 0.29) is 12.5 Å². The Kier molecular flexibility index (Phi) is 6.62.